The van der Waals surface area contributed by atoms with E-state index in [0.29, 0.717) is 19.6 Å². The predicted octanol–water partition coefficient (Wildman–Crippen LogP) is 0.352. The zero-order valence-corrected chi connectivity index (χ0v) is 15.8. The average Bonchev–Trinajstić information content (AvgIpc) is 2.64. The molecule has 1 aromatic carbocycles. The van der Waals surface area contributed by atoms with Crippen molar-refractivity contribution in [1.29, 1.82) is 0 Å². The second-order valence-corrected chi connectivity index (χ2v) is 5.58. The van der Waals surface area contributed by atoms with Crippen LogP contribution in [0.4, 0.5) is 11.5 Å². The van der Waals surface area contributed by atoms with Gasteiger partial charge in [-0.3, -0.25) is 19.1 Å². The molecule has 1 amide bonds. The summed E-state index contributed by atoms with van der Waals surface area (Å²) in [7, 11) is 1.58. The Kier molecular flexibility index (Phi) is 9.27. The van der Waals surface area contributed by atoms with E-state index in [4.69, 9.17) is 10.5 Å². The highest BCUT2D eigenvalue weighted by Crippen LogP contribution is 2.16. The summed E-state index contributed by atoms with van der Waals surface area (Å²) in [6.07, 6.45) is 0.651. The molecule has 2 aromatic rings. The first-order valence-corrected chi connectivity index (χ1v) is 8.20. The van der Waals surface area contributed by atoms with Crippen LogP contribution < -0.4 is 27.6 Å². The number of rotatable bonds is 9. The van der Waals surface area contributed by atoms with Gasteiger partial charge in [0.05, 0.1) is 13.1 Å². The van der Waals surface area contributed by atoms with Crippen molar-refractivity contribution < 1.29 is 9.53 Å². The number of benzene rings is 1. The highest BCUT2D eigenvalue weighted by molar-refractivity contribution is 5.94. The number of H-pyrrole nitrogens is 1. The Hall–Kier alpha value is -2.62. The number of aromatic nitrogens is 2. The number of amides is 1. The number of nitrogens with two attached hydrogens (primary N) is 1. The Balaban J connectivity index is 0.00000364. The van der Waals surface area contributed by atoms with E-state index in [0.717, 1.165) is 5.56 Å². The molecule has 1 aromatic heterocycles. The van der Waals surface area contributed by atoms with Crippen molar-refractivity contribution in [3.05, 3.63) is 56.7 Å². The maximum absolute atomic E-state index is 12.3. The van der Waals surface area contributed by atoms with Gasteiger partial charge in [0.2, 0.25) is 5.91 Å². The second-order valence-electron chi connectivity index (χ2n) is 5.58. The summed E-state index contributed by atoms with van der Waals surface area (Å²) in [5.74, 6) is -0.410. The summed E-state index contributed by atoms with van der Waals surface area (Å²) in [4.78, 5) is 38.7. The van der Waals surface area contributed by atoms with E-state index in [1.54, 1.807) is 7.11 Å². The molecular formula is C17H24ClN5O4. The van der Waals surface area contributed by atoms with Gasteiger partial charge in [-0.25, -0.2) is 4.79 Å². The molecule has 10 heteroatoms. The quantitative estimate of drug-likeness (QED) is 0.451. The van der Waals surface area contributed by atoms with Crippen LogP contribution in [0.5, 0.6) is 0 Å². The molecule has 148 valence electrons. The van der Waals surface area contributed by atoms with E-state index in [2.05, 4.69) is 15.6 Å². The Morgan fingerprint density at radius 3 is 2.59 bits per heavy atom. The van der Waals surface area contributed by atoms with Gasteiger partial charge < -0.3 is 21.1 Å². The lowest BCUT2D eigenvalue weighted by atomic mass is 10.2. The van der Waals surface area contributed by atoms with Gasteiger partial charge in [0, 0.05) is 20.3 Å². The summed E-state index contributed by atoms with van der Waals surface area (Å²) >= 11 is 0. The number of anilines is 2. The Labute approximate surface area is 162 Å². The van der Waals surface area contributed by atoms with Crippen molar-refractivity contribution in [3.8, 4) is 0 Å². The van der Waals surface area contributed by atoms with Gasteiger partial charge >= 0.3 is 5.69 Å². The highest BCUT2D eigenvalue weighted by Gasteiger charge is 2.17. The molecule has 0 atom stereocenters. The Bertz CT molecular complexity index is 851. The van der Waals surface area contributed by atoms with E-state index in [1.807, 2.05) is 30.3 Å². The number of ether oxygens (including phenoxy) is 1. The second kappa shape index (κ2) is 11.2. The minimum Gasteiger partial charge on any atom is -0.385 e. The molecule has 0 unspecified atom stereocenters. The van der Waals surface area contributed by atoms with Gasteiger partial charge in [-0.2, -0.15) is 0 Å². The third-order valence-electron chi connectivity index (χ3n) is 3.65. The summed E-state index contributed by atoms with van der Waals surface area (Å²) in [5.41, 5.74) is 5.09. The fourth-order valence-electron chi connectivity index (χ4n) is 2.39. The summed E-state index contributed by atoms with van der Waals surface area (Å²) in [6, 6.07) is 9.23. The minimum atomic E-state index is -0.617. The molecule has 9 nitrogen and oxygen atoms in total. The van der Waals surface area contributed by atoms with Crippen molar-refractivity contribution in [3.63, 3.8) is 0 Å². The Morgan fingerprint density at radius 1 is 1.26 bits per heavy atom. The molecule has 0 spiro atoms. The van der Waals surface area contributed by atoms with Gasteiger partial charge in [0.15, 0.2) is 0 Å². The van der Waals surface area contributed by atoms with Crippen LogP contribution in [-0.4, -0.2) is 42.3 Å². The molecule has 1 heterocycles. The van der Waals surface area contributed by atoms with E-state index in [-0.39, 0.29) is 37.0 Å². The lowest BCUT2D eigenvalue weighted by Crippen LogP contribution is -2.36. The fourth-order valence-corrected chi connectivity index (χ4v) is 2.39. The molecule has 0 aliphatic heterocycles. The van der Waals surface area contributed by atoms with Crippen molar-refractivity contribution in [2.45, 2.75) is 13.0 Å². The number of hydrogen-bond donors (Lipinski definition) is 4. The third-order valence-corrected chi connectivity index (χ3v) is 3.65. The number of carbonyl (C=O) groups excluding carboxylic acids is 1. The number of hydrogen-bond acceptors (Lipinski definition) is 6. The van der Waals surface area contributed by atoms with Gasteiger partial charge in [-0.05, 0) is 12.0 Å². The number of methoxy groups -OCH3 is 1. The lowest BCUT2D eigenvalue weighted by molar-refractivity contribution is -0.114. The van der Waals surface area contributed by atoms with E-state index in [9.17, 15) is 14.4 Å². The molecule has 0 saturated heterocycles. The number of carbonyl (C=O) groups is 1. The molecule has 2 rings (SSSR count). The van der Waals surface area contributed by atoms with Crippen LogP contribution in [0, 0.1) is 0 Å². The molecule has 0 saturated carbocycles. The predicted molar refractivity (Wildman–Crippen MR) is 107 cm³/mol. The number of halogens is 1. The van der Waals surface area contributed by atoms with Gasteiger partial charge in [0.1, 0.15) is 11.5 Å². The molecule has 0 fully saturated rings. The van der Waals surface area contributed by atoms with Crippen LogP contribution in [0.2, 0.25) is 0 Å². The van der Waals surface area contributed by atoms with Crippen LogP contribution in [0.15, 0.2) is 39.9 Å². The van der Waals surface area contributed by atoms with E-state index < -0.39 is 17.2 Å². The molecule has 5 N–H and O–H groups in total. The highest BCUT2D eigenvalue weighted by atomic mass is 35.5. The molecule has 27 heavy (non-hydrogen) atoms. The first-order chi connectivity index (χ1) is 12.6. The van der Waals surface area contributed by atoms with Crippen LogP contribution >= 0.6 is 12.4 Å². The van der Waals surface area contributed by atoms with Crippen molar-refractivity contribution >= 4 is 29.8 Å². The number of nitrogens with one attached hydrogen (secondary N) is 3. The summed E-state index contributed by atoms with van der Waals surface area (Å²) in [5, 5.41) is 5.52. The average molecular weight is 398 g/mol. The largest absolute Gasteiger partial charge is 0.385 e. The minimum absolute atomic E-state index is 0. The molecule has 0 aliphatic rings. The molecule has 0 bridgehead atoms. The molecule has 0 aliphatic carbocycles. The monoisotopic (exact) mass is 397 g/mol. The third kappa shape index (κ3) is 6.24. The SMILES string of the molecule is COCCCNc1c(NC(=O)CN)n(Cc2ccccc2)c(=O)[nH]c1=O.Cl. The van der Waals surface area contributed by atoms with Gasteiger partial charge in [-0.1, -0.05) is 30.3 Å². The number of aromatic amines is 1. The van der Waals surface area contributed by atoms with Crippen LogP contribution in [0.1, 0.15) is 12.0 Å². The standard InChI is InChI=1S/C17H23N5O4.ClH/c1-26-9-5-8-19-14-15(20-13(23)10-18)22(17(25)21-16(14)24)11-12-6-3-2-4-7-12;/h2-4,6-7,19H,5,8-11,18H2,1H3,(H,20,23)(H,21,24,25);1H. The first kappa shape index (κ1) is 22.4. The van der Waals surface area contributed by atoms with Crippen LogP contribution in [0.3, 0.4) is 0 Å². The van der Waals surface area contributed by atoms with Gasteiger partial charge in [-0.15, -0.1) is 12.4 Å². The number of nitrogens with zero attached hydrogens (tertiary/aromatic N) is 1. The zero-order valence-electron chi connectivity index (χ0n) is 15.0. The Morgan fingerprint density at radius 2 is 1.96 bits per heavy atom. The van der Waals surface area contributed by atoms with Crippen LogP contribution in [0.25, 0.3) is 0 Å². The topological polar surface area (TPSA) is 131 Å². The van der Waals surface area contributed by atoms with Crippen molar-refractivity contribution in [1.82, 2.24) is 9.55 Å². The summed E-state index contributed by atoms with van der Waals surface area (Å²) < 4.78 is 6.27. The van der Waals surface area contributed by atoms with E-state index in [1.165, 1.54) is 4.57 Å². The van der Waals surface area contributed by atoms with E-state index >= 15 is 0 Å². The lowest BCUT2D eigenvalue weighted by Gasteiger charge is -2.17. The normalized spacial score (nSPS) is 10.1. The maximum Gasteiger partial charge on any atom is 0.330 e. The summed E-state index contributed by atoms with van der Waals surface area (Å²) in [6.45, 7) is 0.865. The molecule has 0 radical (unpaired) electrons. The van der Waals surface area contributed by atoms with Gasteiger partial charge in [0.25, 0.3) is 5.56 Å². The molecular weight excluding hydrogens is 374 g/mol. The zero-order chi connectivity index (χ0) is 18.9. The van der Waals surface area contributed by atoms with Crippen molar-refractivity contribution in [2.24, 2.45) is 5.73 Å². The first-order valence-electron chi connectivity index (χ1n) is 8.20. The smallest absolute Gasteiger partial charge is 0.330 e. The maximum atomic E-state index is 12.3. The van der Waals surface area contributed by atoms with Crippen molar-refractivity contribution in [2.75, 3.05) is 37.4 Å². The van der Waals surface area contributed by atoms with Crippen LogP contribution in [-0.2, 0) is 16.1 Å². The fraction of sp³-hybridized carbons (Fsp3) is 0.353.